The number of ether oxygens (including phenoxy) is 1. The van der Waals surface area contributed by atoms with E-state index in [0.29, 0.717) is 11.0 Å². The third-order valence-electron chi connectivity index (χ3n) is 3.03. The van der Waals surface area contributed by atoms with Crippen LogP contribution in [-0.2, 0) is 16.3 Å². The van der Waals surface area contributed by atoms with Crippen LogP contribution in [0.5, 0.6) is 0 Å². The maximum Gasteiger partial charge on any atom is 0.321 e. The van der Waals surface area contributed by atoms with Gasteiger partial charge in [0.2, 0.25) is 0 Å². The van der Waals surface area contributed by atoms with Crippen LogP contribution in [0.25, 0.3) is 11.0 Å². The molecule has 0 saturated heterocycles. The van der Waals surface area contributed by atoms with Gasteiger partial charge in [-0.05, 0) is 13.1 Å². The molecule has 2 aromatic heterocycles. The number of carbonyl (C=O) groups excluding carboxylic acids is 1. The summed E-state index contributed by atoms with van der Waals surface area (Å²) in [7, 11) is 0. The molecule has 2 rings (SSSR count). The van der Waals surface area contributed by atoms with Gasteiger partial charge in [0.1, 0.15) is 5.39 Å². The van der Waals surface area contributed by atoms with E-state index in [1.165, 1.54) is 17.2 Å². The van der Waals surface area contributed by atoms with E-state index in [9.17, 15) is 9.59 Å². The summed E-state index contributed by atoms with van der Waals surface area (Å²) in [6, 6.07) is 0. The standard InChI is InChI=1S/C12H17N5O3.ClH/c1-3-16(4-2)6-10(18)20-8-17-11-9(5-15-17)12(19)14-7-13-11;/h5,7H,3-4,6,8H2,1-2H3,(H,13,14,19);1H. The van der Waals surface area contributed by atoms with Crippen molar-refractivity contribution in [3.63, 3.8) is 0 Å². The number of aromatic amines is 1. The van der Waals surface area contributed by atoms with Crippen LogP contribution in [0.15, 0.2) is 17.3 Å². The Bertz CT molecular complexity index is 650. The molecule has 0 radical (unpaired) electrons. The molecule has 0 spiro atoms. The van der Waals surface area contributed by atoms with E-state index >= 15 is 0 Å². The number of rotatable bonds is 6. The summed E-state index contributed by atoms with van der Waals surface area (Å²) < 4.78 is 6.52. The first-order chi connectivity index (χ1) is 9.65. The molecule has 0 aromatic carbocycles. The first-order valence-electron chi connectivity index (χ1n) is 6.42. The molecule has 116 valence electrons. The molecular weight excluding hydrogens is 298 g/mol. The molecule has 1 N–H and O–H groups in total. The predicted octanol–water partition coefficient (Wildman–Crippen LogP) is 0.384. The van der Waals surface area contributed by atoms with Crippen molar-refractivity contribution in [3.8, 4) is 0 Å². The van der Waals surface area contributed by atoms with Gasteiger partial charge in [0.05, 0.1) is 19.1 Å². The fourth-order valence-electron chi connectivity index (χ4n) is 1.81. The number of halogens is 1. The Morgan fingerprint density at radius 2 is 2.14 bits per heavy atom. The van der Waals surface area contributed by atoms with Crippen LogP contribution < -0.4 is 5.56 Å². The number of fused-ring (bicyclic) bond motifs is 1. The quantitative estimate of drug-likeness (QED) is 0.775. The largest absolute Gasteiger partial charge is 0.441 e. The van der Waals surface area contributed by atoms with Crippen LogP contribution in [0.4, 0.5) is 0 Å². The van der Waals surface area contributed by atoms with E-state index in [1.807, 2.05) is 18.7 Å². The second-order valence-electron chi connectivity index (χ2n) is 4.22. The number of H-pyrrole nitrogens is 1. The second-order valence-corrected chi connectivity index (χ2v) is 4.22. The van der Waals surface area contributed by atoms with E-state index in [1.54, 1.807) is 0 Å². The Balaban J connectivity index is 0.00000220. The highest BCUT2D eigenvalue weighted by atomic mass is 35.5. The third-order valence-corrected chi connectivity index (χ3v) is 3.03. The Labute approximate surface area is 127 Å². The van der Waals surface area contributed by atoms with Crippen molar-refractivity contribution in [2.24, 2.45) is 0 Å². The maximum atomic E-state index is 11.7. The molecule has 0 unspecified atom stereocenters. The lowest BCUT2D eigenvalue weighted by Crippen LogP contribution is -2.31. The van der Waals surface area contributed by atoms with Gasteiger partial charge < -0.3 is 9.72 Å². The maximum absolute atomic E-state index is 11.7. The van der Waals surface area contributed by atoms with E-state index in [-0.39, 0.29) is 37.2 Å². The molecule has 0 aliphatic heterocycles. The molecule has 21 heavy (non-hydrogen) atoms. The lowest BCUT2D eigenvalue weighted by atomic mass is 10.4. The number of likely N-dealkylation sites (N-methyl/N-ethyl adjacent to an activating group) is 1. The van der Waals surface area contributed by atoms with Gasteiger partial charge in [-0.25, -0.2) is 9.67 Å². The summed E-state index contributed by atoms with van der Waals surface area (Å²) in [4.78, 5) is 31.6. The second kappa shape index (κ2) is 7.75. The molecule has 0 fully saturated rings. The van der Waals surface area contributed by atoms with Crippen molar-refractivity contribution in [2.75, 3.05) is 19.6 Å². The fraction of sp³-hybridized carbons (Fsp3) is 0.500. The number of nitrogens with zero attached hydrogens (tertiary/aromatic N) is 4. The predicted molar refractivity (Wildman–Crippen MR) is 79.3 cm³/mol. The van der Waals surface area contributed by atoms with E-state index in [4.69, 9.17) is 4.74 Å². The number of esters is 1. The van der Waals surface area contributed by atoms with E-state index in [2.05, 4.69) is 15.1 Å². The molecule has 2 heterocycles. The minimum absolute atomic E-state index is 0. The number of hydrogen-bond acceptors (Lipinski definition) is 6. The molecule has 0 atom stereocenters. The average Bonchev–Trinajstić information content (AvgIpc) is 2.87. The van der Waals surface area contributed by atoms with E-state index < -0.39 is 0 Å². The molecule has 0 bridgehead atoms. The van der Waals surface area contributed by atoms with Crippen molar-refractivity contribution < 1.29 is 9.53 Å². The van der Waals surface area contributed by atoms with Gasteiger partial charge in [-0.15, -0.1) is 12.4 Å². The Hall–Kier alpha value is -1.93. The van der Waals surface area contributed by atoms with Gasteiger partial charge in [-0.3, -0.25) is 14.5 Å². The van der Waals surface area contributed by atoms with Crippen LogP contribution in [-0.4, -0.2) is 50.3 Å². The number of hydrogen-bond donors (Lipinski definition) is 1. The van der Waals surface area contributed by atoms with Crippen molar-refractivity contribution in [1.29, 1.82) is 0 Å². The lowest BCUT2D eigenvalue weighted by molar-refractivity contribution is -0.149. The summed E-state index contributed by atoms with van der Waals surface area (Å²) in [5, 5.41) is 4.36. The van der Waals surface area contributed by atoms with Crippen LogP contribution in [0.3, 0.4) is 0 Å². The molecule has 0 saturated carbocycles. The topological polar surface area (TPSA) is 93.1 Å². The van der Waals surface area contributed by atoms with Crippen LogP contribution in [0, 0.1) is 0 Å². The number of nitrogens with one attached hydrogen (secondary N) is 1. The minimum Gasteiger partial charge on any atom is -0.441 e. The zero-order valence-corrected chi connectivity index (χ0v) is 12.7. The summed E-state index contributed by atoms with van der Waals surface area (Å²) in [6.07, 6.45) is 2.69. The summed E-state index contributed by atoms with van der Waals surface area (Å²) in [5.74, 6) is -0.331. The lowest BCUT2D eigenvalue weighted by Gasteiger charge is -2.16. The average molecular weight is 316 g/mol. The smallest absolute Gasteiger partial charge is 0.321 e. The highest BCUT2D eigenvalue weighted by Crippen LogP contribution is 2.04. The number of carbonyl (C=O) groups is 1. The van der Waals surface area contributed by atoms with Crippen molar-refractivity contribution in [1.82, 2.24) is 24.6 Å². The van der Waals surface area contributed by atoms with Gasteiger partial charge in [-0.2, -0.15) is 5.10 Å². The molecule has 0 amide bonds. The van der Waals surface area contributed by atoms with Crippen molar-refractivity contribution in [2.45, 2.75) is 20.6 Å². The molecule has 8 nitrogen and oxygen atoms in total. The zero-order valence-electron chi connectivity index (χ0n) is 11.9. The van der Waals surface area contributed by atoms with Crippen LogP contribution in [0.1, 0.15) is 13.8 Å². The summed E-state index contributed by atoms with van der Waals surface area (Å²) in [6.45, 7) is 5.71. The molecule has 0 aliphatic carbocycles. The molecule has 2 aromatic rings. The zero-order chi connectivity index (χ0) is 14.5. The summed E-state index contributed by atoms with van der Waals surface area (Å²) in [5.41, 5.74) is 0.125. The van der Waals surface area contributed by atoms with Crippen LogP contribution in [0.2, 0.25) is 0 Å². The SMILES string of the molecule is CCN(CC)CC(=O)OCn1ncc2c(=O)[nH]cnc21.Cl. The monoisotopic (exact) mass is 315 g/mol. The van der Waals surface area contributed by atoms with Gasteiger partial charge in [0.15, 0.2) is 12.4 Å². The molecule has 9 heteroatoms. The van der Waals surface area contributed by atoms with Gasteiger partial charge >= 0.3 is 5.97 Å². The Morgan fingerprint density at radius 3 is 2.81 bits per heavy atom. The first-order valence-corrected chi connectivity index (χ1v) is 6.42. The minimum atomic E-state index is -0.331. The Kier molecular flexibility index (Phi) is 6.32. The van der Waals surface area contributed by atoms with Gasteiger partial charge in [-0.1, -0.05) is 13.8 Å². The van der Waals surface area contributed by atoms with E-state index in [0.717, 1.165) is 13.1 Å². The van der Waals surface area contributed by atoms with Gasteiger partial charge in [0.25, 0.3) is 5.56 Å². The fourth-order valence-corrected chi connectivity index (χ4v) is 1.81. The van der Waals surface area contributed by atoms with Crippen molar-refractivity contribution in [3.05, 3.63) is 22.9 Å². The highest BCUT2D eigenvalue weighted by molar-refractivity contribution is 5.85. The van der Waals surface area contributed by atoms with Crippen molar-refractivity contribution >= 4 is 29.4 Å². The summed E-state index contributed by atoms with van der Waals surface area (Å²) >= 11 is 0. The Morgan fingerprint density at radius 1 is 1.43 bits per heavy atom. The molecule has 0 aliphatic rings. The van der Waals surface area contributed by atoms with Gasteiger partial charge in [0, 0.05) is 0 Å². The normalized spacial score (nSPS) is 10.6. The van der Waals surface area contributed by atoms with Crippen LogP contribution >= 0.6 is 12.4 Å². The third kappa shape index (κ3) is 4.02. The first kappa shape index (κ1) is 17.1. The number of aromatic nitrogens is 4. The molecular formula is C12H18ClN5O3. The highest BCUT2D eigenvalue weighted by Gasteiger charge is 2.11.